The Morgan fingerprint density at radius 2 is 1.96 bits per heavy atom. The molecule has 0 saturated heterocycles. The molecule has 0 spiro atoms. The van der Waals surface area contributed by atoms with Crippen LogP contribution in [0, 0.1) is 0 Å². The number of rotatable bonds is 6. The molecular formula is C17H14Br2N2O3. The Labute approximate surface area is 156 Å². The molecule has 0 aliphatic rings. The Morgan fingerprint density at radius 1 is 1.25 bits per heavy atom. The highest BCUT2D eigenvalue weighted by molar-refractivity contribution is 9.10. The van der Waals surface area contributed by atoms with Crippen molar-refractivity contribution in [2.75, 3.05) is 6.61 Å². The maximum absolute atomic E-state index is 12.3. The van der Waals surface area contributed by atoms with Crippen LogP contribution in [0.4, 0.5) is 0 Å². The van der Waals surface area contributed by atoms with Crippen molar-refractivity contribution in [3.05, 3.63) is 69.1 Å². The highest BCUT2D eigenvalue weighted by Gasteiger charge is 2.12. The second-order valence-electron chi connectivity index (χ2n) is 4.64. The van der Waals surface area contributed by atoms with Crippen molar-refractivity contribution in [1.82, 2.24) is 5.43 Å². The van der Waals surface area contributed by atoms with Gasteiger partial charge in [0.2, 0.25) is 0 Å². The molecular weight excluding hydrogens is 440 g/mol. The number of aromatic hydroxyl groups is 1. The average Bonchev–Trinajstić information content (AvgIpc) is 2.56. The first-order valence-electron chi connectivity index (χ1n) is 6.86. The van der Waals surface area contributed by atoms with Gasteiger partial charge in [-0.05, 0) is 36.4 Å². The molecule has 0 fully saturated rings. The third kappa shape index (κ3) is 4.94. The van der Waals surface area contributed by atoms with Crippen molar-refractivity contribution >= 4 is 44.0 Å². The standard InChI is InChI=1S/C17H14Br2N2O3/c1-2-7-24-16-6-4-13(19)9-14(16)17(23)21-20-10-11-8-12(18)3-5-15(11)22/h2-6,8-10,22H,1,7H2,(H,21,23)/b20-10-. The minimum absolute atomic E-state index is 0.0636. The summed E-state index contributed by atoms with van der Waals surface area (Å²) in [5, 5.41) is 13.6. The van der Waals surface area contributed by atoms with E-state index in [0.29, 0.717) is 16.9 Å². The van der Waals surface area contributed by atoms with Crippen LogP contribution in [0.25, 0.3) is 0 Å². The van der Waals surface area contributed by atoms with Crippen LogP contribution < -0.4 is 10.2 Å². The molecule has 5 nitrogen and oxygen atoms in total. The van der Waals surface area contributed by atoms with Crippen LogP contribution in [0.2, 0.25) is 0 Å². The lowest BCUT2D eigenvalue weighted by Gasteiger charge is -2.09. The van der Waals surface area contributed by atoms with Crippen LogP contribution in [0.1, 0.15) is 15.9 Å². The highest BCUT2D eigenvalue weighted by Crippen LogP contribution is 2.23. The van der Waals surface area contributed by atoms with Crippen molar-refractivity contribution in [2.45, 2.75) is 0 Å². The first-order valence-corrected chi connectivity index (χ1v) is 8.45. The van der Waals surface area contributed by atoms with Crippen LogP contribution in [-0.2, 0) is 0 Å². The molecule has 2 aromatic carbocycles. The van der Waals surface area contributed by atoms with Gasteiger partial charge in [0.05, 0.1) is 11.8 Å². The zero-order valence-electron chi connectivity index (χ0n) is 12.5. The highest BCUT2D eigenvalue weighted by atomic mass is 79.9. The number of hydrogen-bond donors (Lipinski definition) is 2. The summed E-state index contributed by atoms with van der Waals surface area (Å²) >= 11 is 6.63. The Hall–Kier alpha value is -2.12. The fourth-order valence-corrected chi connectivity index (χ4v) is 2.54. The zero-order chi connectivity index (χ0) is 17.5. The molecule has 0 saturated carbocycles. The third-order valence-corrected chi connectivity index (χ3v) is 3.89. The van der Waals surface area contributed by atoms with Crippen LogP contribution in [0.3, 0.4) is 0 Å². The number of hydrogen-bond acceptors (Lipinski definition) is 4. The van der Waals surface area contributed by atoms with E-state index in [0.717, 1.165) is 8.95 Å². The van der Waals surface area contributed by atoms with Gasteiger partial charge in [-0.2, -0.15) is 5.10 Å². The first kappa shape index (κ1) is 18.2. The molecule has 24 heavy (non-hydrogen) atoms. The number of halogens is 2. The number of benzene rings is 2. The number of amides is 1. The van der Waals surface area contributed by atoms with Crippen molar-refractivity contribution in [3.63, 3.8) is 0 Å². The maximum atomic E-state index is 12.3. The number of nitrogens with one attached hydrogen (secondary N) is 1. The van der Waals surface area contributed by atoms with Gasteiger partial charge in [-0.25, -0.2) is 5.43 Å². The molecule has 2 aromatic rings. The number of ether oxygens (including phenoxy) is 1. The van der Waals surface area contributed by atoms with Crippen molar-refractivity contribution in [1.29, 1.82) is 0 Å². The van der Waals surface area contributed by atoms with E-state index in [1.165, 1.54) is 12.3 Å². The normalized spacial score (nSPS) is 10.6. The molecule has 7 heteroatoms. The second kappa shape index (κ2) is 8.65. The molecule has 0 heterocycles. The fourth-order valence-electron chi connectivity index (χ4n) is 1.80. The quantitative estimate of drug-likeness (QED) is 0.390. The molecule has 0 atom stereocenters. The van der Waals surface area contributed by atoms with Gasteiger partial charge < -0.3 is 9.84 Å². The van der Waals surface area contributed by atoms with E-state index in [1.54, 1.807) is 36.4 Å². The van der Waals surface area contributed by atoms with E-state index in [1.807, 2.05) is 0 Å². The van der Waals surface area contributed by atoms with Gasteiger partial charge in [-0.1, -0.05) is 44.5 Å². The summed E-state index contributed by atoms with van der Waals surface area (Å²) in [7, 11) is 0. The van der Waals surface area contributed by atoms with E-state index in [2.05, 4.69) is 49.0 Å². The number of carbonyl (C=O) groups is 1. The maximum Gasteiger partial charge on any atom is 0.275 e. The number of phenols is 1. The Morgan fingerprint density at radius 3 is 2.71 bits per heavy atom. The molecule has 2 rings (SSSR count). The van der Waals surface area contributed by atoms with Crippen molar-refractivity contribution in [2.24, 2.45) is 5.10 Å². The number of hydrazone groups is 1. The van der Waals surface area contributed by atoms with Crippen LogP contribution in [0.15, 0.2) is 63.1 Å². The van der Waals surface area contributed by atoms with Gasteiger partial charge in [-0.15, -0.1) is 0 Å². The van der Waals surface area contributed by atoms with E-state index >= 15 is 0 Å². The van der Waals surface area contributed by atoms with Crippen molar-refractivity contribution in [3.8, 4) is 11.5 Å². The van der Waals surface area contributed by atoms with E-state index in [4.69, 9.17) is 4.74 Å². The topological polar surface area (TPSA) is 70.9 Å². The van der Waals surface area contributed by atoms with Crippen LogP contribution in [-0.4, -0.2) is 23.8 Å². The summed E-state index contributed by atoms with van der Waals surface area (Å²) in [6.07, 6.45) is 2.96. The monoisotopic (exact) mass is 452 g/mol. The SMILES string of the molecule is C=CCOc1ccc(Br)cc1C(=O)N/N=C\c1cc(Br)ccc1O. The summed E-state index contributed by atoms with van der Waals surface area (Å²) in [6, 6.07) is 10.0. The van der Waals surface area contributed by atoms with Gasteiger partial charge in [-0.3, -0.25) is 4.79 Å². The minimum Gasteiger partial charge on any atom is -0.507 e. The lowest BCUT2D eigenvalue weighted by atomic mass is 10.2. The Kier molecular flexibility index (Phi) is 6.57. The molecule has 0 aliphatic carbocycles. The summed E-state index contributed by atoms with van der Waals surface area (Å²) in [5.41, 5.74) is 3.22. The van der Waals surface area contributed by atoms with Gasteiger partial charge in [0.25, 0.3) is 5.91 Å². The third-order valence-electron chi connectivity index (χ3n) is 2.90. The lowest BCUT2D eigenvalue weighted by molar-refractivity contribution is 0.0951. The second-order valence-corrected chi connectivity index (χ2v) is 6.47. The Balaban J connectivity index is 2.14. The van der Waals surface area contributed by atoms with E-state index < -0.39 is 5.91 Å². The molecule has 1 amide bonds. The van der Waals surface area contributed by atoms with Crippen LogP contribution in [0.5, 0.6) is 11.5 Å². The predicted octanol–water partition coefficient (Wildman–Crippen LogP) is 4.25. The number of nitrogens with zero attached hydrogens (tertiary/aromatic N) is 1. The largest absolute Gasteiger partial charge is 0.507 e. The predicted molar refractivity (Wildman–Crippen MR) is 101 cm³/mol. The fraction of sp³-hybridized carbons (Fsp3) is 0.0588. The summed E-state index contributed by atoms with van der Waals surface area (Å²) in [5.74, 6) is 0.0610. The number of carbonyl (C=O) groups excluding carboxylic acids is 1. The molecule has 0 aliphatic heterocycles. The minimum atomic E-state index is -0.430. The summed E-state index contributed by atoms with van der Waals surface area (Å²) in [6.45, 7) is 3.87. The molecule has 124 valence electrons. The van der Waals surface area contributed by atoms with Gasteiger partial charge in [0.1, 0.15) is 18.1 Å². The Bertz CT molecular complexity index is 791. The van der Waals surface area contributed by atoms with Crippen LogP contribution >= 0.6 is 31.9 Å². The van der Waals surface area contributed by atoms with Gasteiger partial charge in [0, 0.05) is 14.5 Å². The smallest absolute Gasteiger partial charge is 0.275 e. The van der Waals surface area contributed by atoms with E-state index in [-0.39, 0.29) is 12.4 Å². The first-order chi connectivity index (χ1) is 11.5. The van der Waals surface area contributed by atoms with Crippen molar-refractivity contribution < 1.29 is 14.6 Å². The summed E-state index contributed by atoms with van der Waals surface area (Å²) in [4.78, 5) is 12.3. The van der Waals surface area contributed by atoms with Gasteiger partial charge >= 0.3 is 0 Å². The average molecular weight is 454 g/mol. The molecule has 2 N–H and O–H groups in total. The molecule has 0 aromatic heterocycles. The number of phenolic OH excluding ortho intramolecular Hbond substituents is 1. The zero-order valence-corrected chi connectivity index (χ0v) is 15.7. The molecule has 0 radical (unpaired) electrons. The lowest BCUT2D eigenvalue weighted by Crippen LogP contribution is -2.19. The summed E-state index contributed by atoms with van der Waals surface area (Å²) < 4.78 is 7.00. The van der Waals surface area contributed by atoms with Gasteiger partial charge in [0.15, 0.2) is 0 Å². The van der Waals surface area contributed by atoms with E-state index in [9.17, 15) is 9.90 Å². The molecule has 0 unspecified atom stereocenters. The molecule has 0 bridgehead atoms.